The third-order valence-electron chi connectivity index (χ3n) is 6.64. The van der Waals surface area contributed by atoms with Gasteiger partial charge in [-0.15, -0.1) is 11.3 Å². The molecule has 31 heavy (non-hydrogen) atoms. The average Bonchev–Trinajstić information content (AvgIpc) is 3.17. The van der Waals surface area contributed by atoms with Crippen molar-refractivity contribution < 1.29 is 13.2 Å². The molecule has 6 nitrogen and oxygen atoms in total. The lowest BCUT2D eigenvalue weighted by molar-refractivity contribution is -0.141. The number of likely N-dealkylation sites (tertiary alicyclic amines) is 2. The Bertz CT molecular complexity index is 1060. The Morgan fingerprint density at radius 1 is 1.13 bits per heavy atom. The topological polar surface area (TPSA) is 60.9 Å². The highest BCUT2D eigenvalue weighted by molar-refractivity contribution is 7.91. The summed E-state index contributed by atoms with van der Waals surface area (Å²) in [7, 11) is -2.23. The normalized spacial score (nSPS) is 22.2. The first-order chi connectivity index (χ1) is 14.7. The number of benzene rings is 1. The molecule has 2 saturated heterocycles. The van der Waals surface area contributed by atoms with Crippen LogP contribution in [0.3, 0.4) is 0 Å². The van der Waals surface area contributed by atoms with Crippen molar-refractivity contribution in [3.63, 3.8) is 0 Å². The van der Waals surface area contributed by atoms with E-state index in [4.69, 9.17) is 11.6 Å². The molecule has 1 aromatic heterocycles. The van der Waals surface area contributed by atoms with E-state index in [0.29, 0.717) is 17.5 Å². The molecule has 1 amide bonds. The molecule has 2 fully saturated rings. The zero-order chi connectivity index (χ0) is 22.3. The van der Waals surface area contributed by atoms with E-state index in [9.17, 15) is 13.2 Å². The molecule has 1 aromatic carbocycles. The van der Waals surface area contributed by atoms with Crippen LogP contribution < -0.4 is 0 Å². The molecule has 3 heterocycles. The van der Waals surface area contributed by atoms with E-state index < -0.39 is 16.1 Å². The fraction of sp³-hybridized carbons (Fsp3) is 0.591. The third kappa shape index (κ3) is 4.50. The van der Waals surface area contributed by atoms with Crippen LogP contribution in [-0.4, -0.2) is 73.2 Å². The zero-order valence-corrected chi connectivity index (χ0v) is 20.6. The Balaban J connectivity index is 1.51. The molecular weight excluding hydrogens is 454 g/mol. The average molecular weight is 484 g/mol. The number of likely N-dealkylation sites (N-methyl/N-ethyl adjacent to an activating group) is 1. The van der Waals surface area contributed by atoms with Gasteiger partial charge in [-0.3, -0.25) is 4.79 Å². The number of carbonyl (C=O) groups excluding carboxylic acids is 1. The van der Waals surface area contributed by atoms with Gasteiger partial charge in [-0.25, -0.2) is 8.42 Å². The molecule has 0 radical (unpaired) electrons. The van der Waals surface area contributed by atoms with Crippen LogP contribution in [0.1, 0.15) is 39.5 Å². The van der Waals surface area contributed by atoms with Gasteiger partial charge in [-0.2, -0.15) is 4.31 Å². The number of carbonyl (C=O) groups is 1. The summed E-state index contributed by atoms with van der Waals surface area (Å²) in [4.78, 5) is 17.8. The number of piperidine rings is 2. The number of halogens is 1. The lowest BCUT2D eigenvalue weighted by Crippen LogP contribution is -2.57. The second kappa shape index (κ2) is 8.98. The summed E-state index contributed by atoms with van der Waals surface area (Å²) in [5, 5.41) is 1.38. The molecule has 0 bridgehead atoms. The van der Waals surface area contributed by atoms with Gasteiger partial charge in [0.05, 0.1) is 0 Å². The third-order valence-corrected chi connectivity index (χ3v) is 10.3. The second-order valence-corrected chi connectivity index (χ2v) is 12.6. The van der Waals surface area contributed by atoms with E-state index in [0.717, 1.165) is 49.0 Å². The highest BCUT2D eigenvalue weighted by Gasteiger charge is 2.41. The van der Waals surface area contributed by atoms with Gasteiger partial charge in [-0.05, 0) is 69.2 Å². The van der Waals surface area contributed by atoms with E-state index in [-0.39, 0.29) is 16.2 Å². The smallest absolute Gasteiger partial charge is 0.253 e. The Kier molecular flexibility index (Phi) is 6.66. The van der Waals surface area contributed by atoms with Crippen molar-refractivity contribution in [3.8, 4) is 0 Å². The lowest BCUT2D eigenvalue weighted by Gasteiger charge is -2.44. The summed E-state index contributed by atoms with van der Waals surface area (Å²) >= 11 is 7.27. The minimum atomic E-state index is -3.77. The SMILES string of the molecule is CC(C)N1CCC(N2CCCC(N(C)S(=O)(=O)c3cc4cc(Cl)ccc4s3)C2=O)CC1. The van der Waals surface area contributed by atoms with Crippen molar-refractivity contribution in [2.45, 2.75) is 61.9 Å². The predicted octanol–water partition coefficient (Wildman–Crippen LogP) is 4.04. The quantitative estimate of drug-likeness (QED) is 0.644. The van der Waals surface area contributed by atoms with Crippen LogP contribution in [-0.2, 0) is 14.8 Å². The Morgan fingerprint density at radius 3 is 2.52 bits per heavy atom. The molecule has 0 spiro atoms. The van der Waals surface area contributed by atoms with Gasteiger partial charge in [0.25, 0.3) is 10.0 Å². The molecule has 2 aromatic rings. The fourth-order valence-electron chi connectivity index (χ4n) is 4.72. The van der Waals surface area contributed by atoms with Gasteiger partial charge in [-0.1, -0.05) is 11.6 Å². The van der Waals surface area contributed by atoms with Crippen LogP contribution in [0.4, 0.5) is 0 Å². The number of hydrogen-bond acceptors (Lipinski definition) is 5. The zero-order valence-electron chi connectivity index (χ0n) is 18.3. The summed E-state index contributed by atoms with van der Waals surface area (Å²) in [6.07, 6.45) is 3.28. The largest absolute Gasteiger partial charge is 0.338 e. The second-order valence-electron chi connectivity index (χ2n) is 8.82. The van der Waals surface area contributed by atoms with Crippen LogP contribution in [0.25, 0.3) is 10.1 Å². The number of thiophene rings is 1. The molecule has 1 unspecified atom stereocenters. The highest BCUT2D eigenvalue weighted by Crippen LogP contribution is 2.34. The van der Waals surface area contributed by atoms with Crippen LogP contribution >= 0.6 is 22.9 Å². The molecular formula is C22H30ClN3O3S2. The standard InChI is InChI=1S/C22H30ClN3O3S2/c1-15(2)25-11-8-18(9-12-25)26-10-4-5-19(22(26)27)24(3)31(28,29)21-14-16-13-17(23)6-7-20(16)30-21/h6-7,13-15,18-19H,4-5,8-12H2,1-3H3. The van der Waals surface area contributed by atoms with E-state index >= 15 is 0 Å². The minimum Gasteiger partial charge on any atom is -0.338 e. The van der Waals surface area contributed by atoms with E-state index in [1.807, 2.05) is 11.0 Å². The van der Waals surface area contributed by atoms with Gasteiger partial charge < -0.3 is 9.80 Å². The molecule has 1 atom stereocenters. The lowest BCUT2D eigenvalue weighted by atomic mass is 9.97. The number of rotatable bonds is 5. The van der Waals surface area contributed by atoms with Gasteiger partial charge in [0.2, 0.25) is 5.91 Å². The highest BCUT2D eigenvalue weighted by atomic mass is 35.5. The first kappa shape index (κ1) is 23.0. The van der Waals surface area contributed by atoms with Crippen LogP contribution in [0.5, 0.6) is 0 Å². The van der Waals surface area contributed by atoms with Crippen molar-refractivity contribution in [1.29, 1.82) is 0 Å². The number of hydrogen-bond donors (Lipinski definition) is 0. The van der Waals surface area contributed by atoms with E-state index in [1.165, 1.54) is 15.6 Å². The monoisotopic (exact) mass is 483 g/mol. The maximum absolute atomic E-state index is 13.4. The number of amides is 1. The van der Waals surface area contributed by atoms with Gasteiger partial charge in [0.15, 0.2) is 0 Å². The van der Waals surface area contributed by atoms with Crippen molar-refractivity contribution in [3.05, 3.63) is 29.3 Å². The predicted molar refractivity (Wildman–Crippen MR) is 126 cm³/mol. The molecule has 0 aliphatic carbocycles. The summed E-state index contributed by atoms with van der Waals surface area (Å²) in [5.41, 5.74) is 0. The molecule has 0 saturated carbocycles. The number of fused-ring (bicyclic) bond motifs is 1. The Labute approximate surface area is 193 Å². The van der Waals surface area contributed by atoms with Crippen molar-refractivity contribution in [1.82, 2.24) is 14.1 Å². The van der Waals surface area contributed by atoms with Gasteiger partial charge in [0, 0.05) is 48.5 Å². The molecule has 2 aliphatic heterocycles. The molecule has 4 rings (SSSR count). The van der Waals surface area contributed by atoms with Gasteiger partial charge in [0.1, 0.15) is 10.3 Å². The molecule has 170 valence electrons. The van der Waals surface area contributed by atoms with Crippen molar-refractivity contribution in [2.24, 2.45) is 0 Å². The number of sulfonamides is 1. The van der Waals surface area contributed by atoms with E-state index in [2.05, 4.69) is 18.7 Å². The fourth-order valence-corrected chi connectivity index (χ4v) is 7.81. The summed E-state index contributed by atoms with van der Waals surface area (Å²) in [6.45, 7) is 7.08. The summed E-state index contributed by atoms with van der Waals surface area (Å²) in [6, 6.07) is 7.08. The number of nitrogens with zero attached hydrogens (tertiary/aromatic N) is 3. The minimum absolute atomic E-state index is 0.0514. The molecule has 0 N–H and O–H groups in total. The van der Waals surface area contributed by atoms with Crippen LogP contribution in [0.15, 0.2) is 28.5 Å². The maximum atomic E-state index is 13.4. The Hall–Kier alpha value is -1.19. The first-order valence-corrected chi connectivity index (χ1v) is 13.5. The molecule has 2 aliphatic rings. The van der Waals surface area contributed by atoms with Crippen molar-refractivity contribution >= 4 is 49.0 Å². The van der Waals surface area contributed by atoms with Gasteiger partial charge >= 0.3 is 0 Å². The van der Waals surface area contributed by atoms with Crippen LogP contribution in [0, 0.1) is 0 Å². The maximum Gasteiger partial charge on any atom is 0.253 e. The van der Waals surface area contributed by atoms with E-state index in [1.54, 1.807) is 25.2 Å². The summed E-state index contributed by atoms with van der Waals surface area (Å²) in [5.74, 6) is -0.0514. The summed E-state index contributed by atoms with van der Waals surface area (Å²) < 4.78 is 29.1. The van der Waals surface area contributed by atoms with Crippen LogP contribution in [0.2, 0.25) is 5.02 Å². The Morgan fingerprint density at radius 2 is 1.84 bits per heavy atom. The first-order valence-electron chi connectivity index (χ1n) is 10.9. The molecule has 9 heteroatoms. The van der Waals surface area contributed by atoms with Crippen molar-refractivity contribution in [2.75, 3.05) is 26.7 Å².